The zero-order chi connectivity index (χ0) is 40.0. The second-order valence-electron chi connectivity index (χ2n) is 17.4. The highest BCUT2D eigenvalue weighted by molar-refractivity contribution is 7.26. The minimum absolute atomic E-state index is 0.179. The number of allylic oxidation sites excluding steroid dienone is 1. The SMILES string of the molecule is CC1CC=C(C2=NC(n3c4ccccc4c4cc5c(cc43)C(C)(C)c3ccc4ccccc4c3-5)N(C)C(c3cccc4c3sc3ccccc34)=N2)c2sc3ccccc3c21. The third-order valence-corrected chi connectivity index (χ3v) is 16.1. The summed E-state index contributed by atoms with van der Waals surface area (Å²) in [6, 6.07) is 51.8. The van der Waals surface area contributed by atoms with E-state index in [4.69, 9.17) is 9.98 Å². The van der Waals surface area contributed by atoms with Crippen LogP contribution in [-0.2, 0) is 5.41 Å². The first-order valence-corrected chi connectivity index (χ1v) is 22.6. The number of hydrogen-bond donors (Lipinski definition) is 0. The normalized spacial score (nSPS) is 18.3. The molecule has 2 atom stereocenters. The number of rotatable bonds is 3. The molecule has 2 aliphatic carbocycles. The summed E-state index contributed by atoms with van der Waals surface area (Å²) in [5.41, 5.74) is 11.3. The number of hydrogen-bond acceptors (Lipinski definition) is 5. The molecule has 3 aliphatic rings. The Morgan fingerprint density at radius 2 is 1.35 bits per heavy atom. The Morgan fingerprint density at radius 1 is 0.633 bits per heavy atom. The van der Waals surface area contributed by atoms with Crippen LogP contribution < -0.4 is 0 Å². The second kappa shape index (κ2) is 12.4. The summed E-state index contributed by atoms with van der Waals surface area (Å²) in [5.74, 6) is 2.16. The van der Waals surface area contributed by atoms with E-state index in [0.717, 1.165) is 29.2 Å². The molecule has 2 unspecified atom stereocenters. The van der Waals surface area contributed by atoms with E-state index in [1.54, 1.807) is 0 Å². The molecule has 0 bridgehead atoms. The summed E-state index contributed by atoms with van der Waals surface area (Å²) in [6.07, 6.45) is 2.96. The molecule has 3 aromatic heterocycles. The third-order valence-electron chi connectivity index (χ3n) is 13.7. The van der Waals surface area contributed by atoms with Gasteiger partial charge < -0.3 is 9.47 Å². The predicted octanol–water partition coefficient (Wildman–Crippen LogP) is 14.7. The van der Waals surface area contributed by atoms with E-state index in [9.17, 15) is 0 Å². The Bertz CT molecular complexity index is 3610. The summed E-state index contributed by atoms with van der Waals surface area (Å²) >= 11 is 3.74. The van der Waals surface area contributed by atoms with Crippen LogP contribution in [0.1, 0.15) is 66.5 Å². The fourth-order valence-electron chi connectivity index (χ4n) is 10.7. The molecule has 1 aliphatic heterocycles. The van der Waals surface area contributed by atoms with Crippen LogP contribution >= 0.6 is 22.7 Å². The van der Waals surface area contributed by atoms with Crippen LogP contribution in [0.2, 0.25) is 0 Å². The second-order valence-corrected chi connectivity index (χ2v) is 19.5. The van der Waals surface area contributed by atoms with Crippen molar-refractivity contribution in [2.75, 3.05) is 7.05 Å². The number of aliphatic imine (C=N–C) groups is 2. The highest BCUT2D eigenvalue weighted by Gasteiger charge is 2.39. The molecule has 0 radical (unpaired) electrons. The van der Waals surface area contributed by atoms with E-state index >= 15 is 0 Å². The van der Waals surface area contributed by atoms with Crippen molar-refractivity contribution in [3.63, 3.8) is 0 Å². The Morgan fingerprint density at radius 3 is 2.20 bits per heavy atom. The van der Waals surface area contributed by atoms with Crippen LogP contribution in [-0.4, -0.2) is 28.2 Å². The quantitative estimate of drug-likeness (QED) is 0.175. The van der Waals surface area contributed by atoms with Gasteiger partial charge in [0.1, 0.15) is 5.84 Å². The molecule has 0 N–H and O–H groups in total. The molecule has 60 heavy (non-hydrogen) atoms. The molecule has 0 fully saturated rings. The average Bonchev–Trinajstić information content (AvgIpc) is 4.01. The molecule has 4 heterocycles. The number of aromatic nitrogens is 1. The topological polar surface area (TPSA) is 32.9 Å². The van der Waals surface area contributed by atoms with Gasteiger partial charge in [-0.3, -0.25) is 0 Å². The highest BCUT2D eigenvalue weighted by Crippen LogP contribution is 2.54. The van der Waals surface area contributed by atoms with Crippen molar-refractivity contribution in [1.29, 1.82) is 0 Å². The number of nitrogens with zero attached hydrogens (tertiary/aromatic N) is 4. The maximum absolute atomic E-state index is 5.79. The molecule has 10 aromatic rings. The fraction of sp³-hybridized carbons (Fsp3) is 0.148. The number of amidine groups is 2. The highest BCUT2D eigenvalue weighted by atomic mass is 32.1. The summed E-state index contributed by atoms with van der Waals surface area (Å²) in [6.45, 7) is 7.15. The van der Waals surface area contributed by atoms with Gasteiger partial charge in [0.15, 0.2) is 5.84 Å². The fourth-order valence-corrected chi connectivity index (χ4v) is 13.3. The van der Waals surface area contributed by atoms with E-state index in [1.165, 1.54) is 95.5 Å². The molecule has 6 heteroatoms. The van der Waals surface area contributed by atoms with Gasteiger partial charge in [-0.25, -0.2) is 9.98 Å². The Balaban J connectivity index is 1.08. The lowest BCUT2D eigenvalue weighted by atomic mass is 9.82. The van der Waals surface area contributed by atoms with Gasteiger partial charge in [-0.05, 0) is 92.7 Å². The lowest BCUT2D eigenvalue weighted by Gasteiger charge is -2.35. The zero-order valence-electron chi connectivity index (χ0n) is 33.8. The van der Waals surface area contributed by atoms with E-state index in [2.05, 4.69) is 183 Å². The monoisotopic (exact) mass is 808 g/mol. The molecule has 0 saturated carbocycles. The average molecular weight is 809 g/mol. The largest absolute Gasteiger partial charge is 0.320 e. The Labute approximate surface area is 356 Å². The lowest BCUT2D eigenvalue weighted by molar-refractivity contribution is 0.297. The van der Waals surface area contributed by atoms with Gasteiger partial charge in [-0.2, -0.15) is 0 Å². The van der Waals surface area contributed by atoms with E-state index in [1.807, 2.05) is 22.7 Å². The molecule has 4 nitrogen and oxygen atoms in total. The van der Waals surface area contributed by atoms with Crippen LogP contribution in [0.5, 0.6) is 0 Å². The minimum Gasteiger partial charge on any atom is -0.320 e. The minimum atomic E-state index is -0.400. The first kappa shape index (κ1) is 34.5. The van der Waals surface area contributed by atoms with E-state index < -0.39 is 6.29 Å². The van der Waals surface area contributed by atoms with Gasteiger partial charge in [-0.1, -0.05) is 130 Å². The number of fused-ring (bicyclic) bond motifs is 14. The third kappa shape index (κ3) is 4.61. The van der Waals surface area contributed by atoms with Crippen LogP contribution in [0, 0.1) is 0 Å². The van der Waals surface area contributed by atoms with Crippen LogP contribution in [0.3, 0.4) is 0 Å². The van der Waals surface area contributed by atoms with Crippen LogP contribution in [0.15, 0.2) is 156 Å². The Hall–Kier alpha value is -6.34. The van der Waals surface area contributed by atoms with Gasteiger partial charge >= 0.3 is 0 Å². The van der Waals surface area contributed by atoms with Gasteiger partial charge in [0.25, 0.3) is 0 Å². The number of thiophene rings is 2. The first-order chi connectivity index (χ1) is 29.3. The van der Waals surface area contributed by atoms with Crippen molar-refractivity contribution in [3.8, 4) is 11.1 Å². The maximum atomic E-state index is 5.79. The van der Waals surface area contributed by atoms with Crippen molar-refractivity contribution in [2.45, 2.75) is 44.8 Å². The van der Waals surface area contributed by atoms with Crippen molar-refractivity contribution >= 4 is 103 Å². The standard InChI is InChI=1S/C54H40N4S2/c1-30-24-26-37(50-47(30)36-18-9-12-23-46(36)60-50)51-55-52(38-20-13-19-35-34-17-8-11-22-45(34)59-49(35)38)57(4)53(56-51)58-43-21-10-7-16-33(43)39-28-40-42(29-44(39)58)54(2,3)41-27-25-31-14-5-6-15-32(31)48(40)41/h5-23,25-30,53H,24H2,1-4H3. The maximum Gasteiger partial charge on any atom is 0.206 e. The summed E-state index contributed by atoms with van der Waals surface area (Å²) in [5, 5.41) is 8.99. The molecule has 7 aromatic carbocycles. The number of benzene rings is 7. The van der Waals surface area contributed by atoms with Gasteiger partial charge in [0.2, 0.25) is 6.29 Å². The van der Waals surface area contributed by atoms with Crippen molar-refractivity contribution in [2.24, 2.45) is 9.98 Å². The van der Waals surface area contributed by atoms with Gasteiger partial charge in [0.05, 0.1) is 11.0 Å². The predicted molar refractivity (Wildman–Crippen MR) is 257 cm³/mol. The molecule has 288 valence electrons. The first-order valence-electron chi connectivity index (χ1n) is 21.0. The summed E-state index contributed by atoms with van der Waals surface area (Å²) in [4.78, 5) is 15.1. The number of para-hydroxylation sites is 1. The van der Waals surface area contributed by atoms with E-state index in [-0.39, 0.29) is 5.41 Å². The van der Waals surface area contributed by atoms with E-state index in [0.29, 0.717) is 5.92 Å². The van der Waals surface area contributed by atoms with Crippen molar-refractivity contribution in [3.05, 3.63) is 173 Å². The molecular weight excluding hydrogens is 769 g/mol. The smallest absolute Gasteiger partial charge is 0.206 e. The summed E-state index contributed by atoms with van der Waals surface area (Å²) < 4.78 is 6.36. The van der Waals surface area contributed by atoms with Crippen LogP contribution in [0.4, 0.5) is 0 Å². The molecular formula is C54H40N4S2. The molecule has 0 saturated heterocycles. The Kier molecular flexibility index (Phi) is 7.11. The summed E-state index contributed by atoms with van der Waals surface area (Å²) in [7, 11) is 2.19. The molecule has 0 spiro atoms. The van der Waals surface area contributed by atoms with Gasteiger partial charge in [-0.15, -0.1) is 22.7 Å². The van der Waals surface area contributed by atoms with Crippen molar-refractivity contribution < 1.29 is 0 Å². The van der Waals surface area contributed by atoms with Gasteiger partial charge in [0, 0.05) is 64.1 Å². The zero-order valence-corrected chi connectivity index (χ0v) is 35.5. The van der Waals surface area contributed by atoms with Crippen molar-refractivity contribution in [1.82, 2.24) is 9.47 Å². The molecule has 0 amide bonds. The lowest BCUT2D eigenvalue weighted by Crippen LogP contribution is -2.38. The van der Waals surface area contributed by atoms with Crippen LogP contribution in [0.25, 0.3) is 79.5 Å². The molecule has 13 rings (SSSR count).